The summed E-state index contributed by atoms with van der Waals surface area (Å²) in [5.41, 5.74) is 3.40. The summed E-state index contributed by atoms with van der Waals surface area (Å²) in [7, 11) is 1.64. The zero-order chi connectivity index (χ0) is 18.4. The van der Waals surface area contributed by atoms with Crippen molar-refractivity contribution in [2.75, 3.05) is 20.3 Å². The monoisotopic (exact) mass is 351 g/mol. The molecule has 1 heterocycles. The van der Waals surface area contributed by atoms with Crippen LogP contribution >= 0.6 is 0 Å². The van der Waals surface area contributed by atoms with Crippen LogP contribution in [0, 0.1) is 6.92 Å². The number of nitrogens with zero attached hydrogens (tertiary/aromatic N) is 2. The van der Waals surface area contributed by atoms with Crippen LogP contribution in [0.25, 0.3) is 22.9 Å². The molecule has 6 nitrogen and oxygen atoms in total. The van der Waals surface area contributed by atoms with Crippen molar-refractivity contribution >= 4 is 5.91 Å². The fourth-order valence-corrected chi connectivity index (χ4v) is 2.44. The first-order chi connectivity index (χ1) is 12.7. The van der Waals surface area contributed by atoms with Crippen molar-refractivity contribution in [2.45, 2.75) is 13.3 Å². The van der Waals surface area contributed by atoms with Crippen LogP contribution in [0.15, 0.2) is 52.9 Å². The number of ether oxygens (including phenoxy) is 1. The van der Waals surface area contributed by atoms with Crippen LogP contribution in [0.3, 0.4) is 0 Å². The van der Waals surface area contributed by atoms with Crippen LogP contribution in [0.1, 0.15) is 22.3 Å². The second kappa shape index (κ2) is 8.40. The van der Waals surface area contributed by atoms with Crippen LogP contribution in [0.2, 0.25) is 0 Å². The summed E-state index contributed by atoms with van der Waals surface area (Å²) in [6, 6.07) is 15.0. The van der Waals surface area contributed by atoms with Gasteiger partial charge >= 0.3 is 0 Å². The summed E-state index contributed by atoms with van der Waals surface area (Å²) in [4.78, 5) is 12.1. The van der Waals surface area contributed by atoms with Crippen molar-refractivity contribution in [1.82, 2.24) is 15.5 Å². The summed E-state index contributed by atoms with van der Waals surface area (Å²) < 4.78 is 10.7. The quantitative estimate of drug-likeness (QED) is 0.660. The highest BCUT2D eigenvalue weighted by Gasteiger charge is 2.11. The Hall–Kier alpha value is -2.99. The maximum absolute atomic E-state index is 12.1. The van der Waals surface area contributed by atoms with Gasteiger partial charge in [0.15, 0.2) is 0 Å². The maximum atomic E-state index is 12.1. The molecule has 0 aliphatic rings. The summed E-state index contributed by atoms with van der Waals surface area (Å²) in [6.07, 6.45) is 0.782. The van der Waals surface area contributed by atoms with E-state index in [1.807, 2.05) is 31.2 Å². The summed E-state index contributed by atoms with van der Waals surface area (Å²) >= 11 is 0. The lowest BCUT2D eigenvalue weighted by atomic mass is 10.1. The van der Waals surface area contributed by atoms with Gasteiger partial charge in [-0.1, -0.05) is 17.7 Å². The van der Waals surface area contributed by atoms with Gasteiger partial charge in [0.05, 0.1) is 0 Å². The second-order valence-corrected chi connectivity index (χ2v) is 5.96. The van der Waals surface area contributed by atoms with E-state index in [4.69, 9.17) is 9.15 Å². The van der Waals surface area contributed by atoms with Crippen LogP contribution < -0.4 is 5.32 Å². The molecule has 0 saturated heterocycles. The van der Waals surface area contributed by atoms with Gasteiger partial charge in [-0.2, -0.15) is 0 Å². The van der Waals surface area contributed by atoms with Crippen molar-refractivity contribution in [3.63, 3.8) is 0 Å². The highest BCUT2D eigenvalue weighted by Crippen LogP contribution is 2.24. The Morgan fingerprint density at radius 1 is 1.00 bits per heavy atom. The van der Waals surface area contributed by atoms with Crippen LogP contribution in [0.4, 0.5) is 0 Å². The van der Waals surface area contributed by atoms with Crippen molar-refractivity contribution < 1.29 is 13.9 Å². The van der Waals surface area contributed by atoms with Gasteiger partial charge in [-0.05, 0) is 49.7 Å². The van der Waals surface area contributed by atoms with E-state index in [2.05, 4.69) is 15.5 Å². The smallest absolute Gasteiger partial charge is 0.251 e. The van der Waals surface area contributed by atoms with Gasteiger partial charge < -0.3 is 14.5 Å². The van der Waals surface area contributed by atoms with Crippen LogP contribution in [-0.4, -0.2) is 36.4 Å². The molecule has 0 saturated carbocycles. The first-order valence-corrected chi connectivity index (χ1v) is 8.45. The molecule has 0 unspecified atom stereocenters. The Morgan fingerprint density at radius 2 is 1.58 bits per heavy atom. The van der Waals surface area contributed by atoms with E-state index in [1.165, 1.54) is 5.56 Å². The molecule has 26 heavy (non-hydrogen) atoms. The molecule has 3 aromatic rings. The Labute approximate surface area is 152 Å². The molecule has 1 aromatic heterocycles. The number of carbonyl (C=O) groups is 1. The number of hydrogen-bond donors (Lipinski definition) is 1. The number of rotatable bonds is 7. The predicted octanol–water partition coefficient (Wildman–Crippen LogP) is 3.48. The van der Waals surface area contributed by atoms with E-state index in [-0.39, 0.29) is 5.91 Å². The highest BCUT2D eigenvalue weighted by molar-refractivity contribution is 5.94. The molecule has 6 heteroatoms. The van der Waals surface area contributed by atoms with Gasteiger partial charge in [-0.15, -0.1) is 10.2 Å². The molecule has 0 aliphatic heterocycles. The molecular weight excluding hydrogens is 330 g/mol. The van der Waals surface area contributed by atoms with Crippen molar-refractivity contribution in [1.29, 1.82) is 0 Å². The largest absolute Gasteiger partial charge is 0.416 e. The second-order valence-electron chi connectivity index (χ2n) is 5.96. The molecule has 134 valence electrons. The summed E-state index contributed by atoms with van der Waals surface area (Å²) in [5, 5.41) is 11.1. The summed E-state index contributed by atoms with van der Waals surface area (Å²) in [5.74, 6) is 0.783. The van der Waals surface area contributed by atoms with E-state index in [0.29, 0.717) is 30.5 Å². The third kappa shape index (κ3) is 4.34. The average molecular weight is 351 g/mol. The maximum Gasteiger partial charge on any atom is 0.251 e. The average Bonchev–Trinajstić information content (AvgIpc) is 3.16. The van der Waals surface area contributed by atoms with Gasteiger partial charge in [0.2, 0.25) is 11.8 Å². The van der Waals surface area contributed by atoms with E-state index in [0.717, 1.165) is 17.5 Å². The number of amides is 1. The number of aromatic nitrogens is 2. The Morgan fingerprint density at radius 3 is 2.15 bits per heavy atom. The van der Waals surface area contributed by atoms with Crippen LogP contribution in [0.5, 0.6) is 0 Å². The van der Waals surface area contributed by atoms with Crippen molar-refractivity contribution in [3.05, 3.63) is 59.7 Å². The van der Waals surface area contributed by atoms with E-state index < -0.39 is 0 Å². The lowest BCUT2D eigenvalue weighted by Crippen LogP contribution is -2.25. The Bertz CT molecular complexity index is 855. The van der Waals surface area contributed by atoms with E-state index in [9.17, 15) is 4.79 Å². The van der Waals surface area contributed by atoms with E-state index >= 15 is 0 Å². The number of hydrogen-bond acceptors (Lipinski definition) is 5. The third-order valence-electron chi connectivity index (χ3n) is 3.93. The highest BCUT2D eigenvalue weighted by atomic mass is 16.5. The van der Waals surface area contributed by atoms with E-state index in [1.54, 1.807) is 31.4 Å². The SMILES string of the molecule is COCCCNC(=O)c1ccc(-c2nnc(-c3ccc(C)cc3)o2)cc1. The normalized spacial score (nSPS) is 10.7. The Kier molecular flexibility index (Phi) is 5.76. The third-order valence-corrected chi connectivity index (χ3v) is 3.93. The fourth-order valence-electron chi connectivity index (χ4n) is 2.44. The van der Waals surface area contributed by atoms with Gasteiger partial charge in [0, 0.05) is 37.0 Å². The minimum absolute atomic E-state index is 0.112. The number of methoxy groups -OCH3 is 1. The molecule has 0 radical (unpaired) electrons. The topological polar surface area (TPSA) is 77.2 Å². The van der Waals surface area contributed by atoms with Gasteiger partial charge in [-0.3, -0.25) is 4.79 Å². The summed E-state index contributed by atoms with van der Waals surface area (Å²) in [6.45, 7) is 3.23. The number of aryl methyl sites for hydroxylation is 1. The number of carbonyl (C=O) groups excluding carboxylic acids is 1. The lowest BCUT2D eigenvalue weighted by Gasteiger charge is -2.05. The minimum Gasteiger partial charge on any atom is -0.416 e. The van der Waals surface area contributed by atoms with Gasteiger partial charge in [0.1, 0.15) is 0 Å². The molecular formula is C20H21N3O3. The fraction of sp³-hybridized carbons (Fsp3) is 0.250. The number of benzene rings is 2. The lowest BCUT2D eigenvalue weighted by molar-refractivity contribution is 0.0948. The molecule has 1 amide bonds. The van der Waals surface area contributed by atoms with Gasteiger partial charge in [-0.25, -0.2) is 0 Å². The molecule has 0 fully saturated rings. The molecule has 3 rings (SSSR count). The zero-order valence-corrected chi connectivity index (χ0v) is 14.9. The molecule has 0 spiro atoms. The molecule has 0 aliphatic carbocycles. The van der Waals surface area contributed by atoms with Crippen molar-refractivity contribution in [2.24, 2.45) is 0 Å². The predicted molar refractivity (Wildman–Crippen MR) is 98.7 cm³/mol. The van der Waals surface area contributed by atoms with Gasteiger partial charge in [0.25, 0.3) is 5.91 Å². The van der Waals surface area contributed by atoms with Crippen LogP contribution in [-0.2, 0) is 4.74 Å². The molecule has 2 aromatic carbocycles. The molecule has 0 bridgehead atoms. The first-order valence-electron chi connectivity index (χ1n) is 8.45. The Balaban J connectivity index is 1.67. The minimum atomic E-state index is -0.112. The standard InChI is InChI=1S/C20H21N3O3/c1-14-4-6-16(7-5-14)19-22-23-20(26-19)17-10-8-15(9-11-17)18(24)21-12-3-13-25-2/h4-11H,3,12-13H2,1-2H3,(H,21,24). The number of nitrogens with one attached hydrogen (secondary N) is 1. The zero-order valence-electron chi connectivity index (χ0n) is 14.9. The first kappa shape index (κ1) is 17.8. The van der Waals surface area contributed by atoms with Crippen molar-refractivity contribution in [3.8, 4) is 22.9 Å². The molecule has 1 N–H and O–H groups in total. The molecule has 0 atom stereocenters.